The Morgan fingerprint density at radius 3 is 2.88 bits per heavy atom. The van der Waals surface area contributed by atoms with E-state index in [0.29, 0.717) is 6.61 Å². The van der Waals surface area contributed by atoms with E-state index in [1.807, 2.05) is 30.3 Å². The number of nitrogens with two attached hydrogens (primary N) is 1. The highest BCUT2D eigenvalue weighted by molar-refractivity contribution is 5.78. The van der Waals surface area contributed by atoms with Gasteiger partial charge >= 0.3 is 0 Å². The number of rotatable bonds is 3. The molecule has 86 valence electrons. The van der Waals surface area contributed by atoms with E-state index in [9.17, 15) is 4.79 Å². The maximum absolute atomic E-state index is 11.3. The molecule has 1 saturated heterocycles. The van der Waals surface area contributed by atoms with E-state index in [1.165, 1.54) is 0 Å². The van der Waals surface area contributed by atoms with E-state index in [2.05, 4.69) is 5.32 Å². The lowest BCUT2D eigenvalue weighted by molar-refractivity contribution is -0.120. The summed E-state index contributed by atoms with van der Waals surface area (Å²) in [5.41, 5.74) is 6.38. The third-order valence-electron chi connectivity index (χ3n) is 2.75. The zero-order valence-corrected chi connectivity index (χ0v) is 9.06. The fourth-order valence-corrected chi connectivity index (χ4v) is 1.97. The maximum Gasteiger partial charge on any atom is 0.234 e. The van der Waals surface area contributed by atoms with E-state index in [0.717, 1.165) is 12.0 Å². The van der Waals surface area contributed by atoms with Crippen molar-refractivity contribution in [3.8, 4) is 0 Å². The van der Waals surface area contributed by atoms with E-state index < -0.39 is 0 Å². The van der Waals surface area contributed by atoms with Gasteiger partial charge < -0.3 is 15.8 Å². The van der Waals surface area contributed by atoms with Crippen molar-refractivity contribution in [3.05, 3.63) is 35.9 Å². The van der Waals surface area contributed by atoms with Crippen molar-refractivity contribution in [3.63, 3.8) is 0 Å². The summed E-state index contributed by atoms with van der Waals surface area (Å²) < 4.78 is 5.64. The Morgan fingerprint density at radius 1 is 1.44 bits per heavy atom. The van der Waals surface area contributed by atoms with Crippen LogP contribution in [-0.4, -0.2) is 25.1 Å². The van der Waals surface area contributed by atoms with E-state index in [1.54, 1.807) is 0 Å². The molecule has 2 unspecified atom stereocenters. The quantitative estimate of drug-likeness (QED) is 0.783. The Kier molecular flexibility index (Phi) is 3.54. The van der Waals surface area contributed by atoms with Gasteiger partial charge in [0, 0.05) is 6.61 Å². The largest absolute Gasteiger partial charge is 0.371 e. The normalized spacial score (nSPS) is 24.3. The van der Waals surface area contributed by atoms with Crippen LogP contribution < -0.4 is 11.1 Å². The molecule has 1 aromatic rings. The summed E-state index contributed by atoms with van der Waals surface area (Å²) in [6.45, 7) is 0.701. The molecule has 1 aromatic carbocycles. The van der Waals surface area contributed by atoms with Crippen LogP contribution in [0.2, 0.25) is 0 Å². The third kappa shape index (κ3) is 2.40. The summed E-state index contributed by atoms with van der Waals surface area (Å²) in [5, 5.41) is 2.89. The molecule has 1 heterocycles. The Morgan fingerprint density at radius 2 is 2.19 bits per heavy atom. The molecule has 1 aliphatic rings. The van der Waals surface area contributed by atoms with Crippen LogP contribution in [0, 0.1) is 0 Å². The minimum Gasteiger partial charge on any atom is -0.371 e. The zero-order chi connectivity index (χ0) is 11.4. The fraction of sp³-hybridized carbons (Fsp3) is 0.417. The van der Waals surface area contributed by atoms with Gasteiger partial charge in [-0.05, 0) is 12.0 Å². The van der Waals surface area contributed by atoms with Crippen LogP contribution >= 0.6 is 0 Å². The van der Waals surface area contributed by atoms with Gasteiger partial charge in [-0.25, -0.2) is 0 Å². The second-order valence-corrected chi connectivity index (χ2v) is 3.87. The van der Waals surface area contributed by atoms with Crippen molar-refractivity contribution in [2.45, 2.75) is 18.6 Å². The van der Waals surface area contributed by atoms with Gasteiger partial charge in [0.15, 0.2) is 0 Å². The second kappa shape index (κ2) is 5.09. The van der Waals surface area contributed by atoms with Crippen molar-refractivity contribution < 1.29 is 9.53 Å². The van der Waals surface area contributed by atoms with Crippen LogP contribution in [0.4, 0.5) is 0 Å². The van der Waals surface area contributed by atoms with Crippen LogP contribution in [-0.2, 0) is 9.53 Å². The molecule has 3 N–H and O–H groups in total. The molecule has 0 aromatic heterocycles. The molecule has 0 radical (unpaired) electrons. The van der Waals surface area contributed by atoms with E-state index in [-0.39, 0.29) is 24.6 Å². The smallest absolute Gasteiger partial charge is 0.234 e. The molecule has 1 fully saturated rings. The Labute approximate surface area is 94.8 Å². The first-order chi connectivity index (χ1) is 7.81. The van der Waals surface area contributed by atoms with Gasteiger partial charge in [-0.15, -0.1) is 0 Å². The summed E-state index contributed by atoms with van der Waals surface area (Å²) in [7, 11) is 0. The lowest BCUT2D eigenvalue weighted by Gasteiger charge is -2.19. The molecule has 0 saturated carbocycles. The molecular formula is C12H16N2O2. The van der Waals surface area contributed by atoms with Crippen LogP contribution in [0.3, 0.4) is 0 Å². The first kappa shape index (κ1) is 11.1. The Balaban J connectivity index is 2.06. The van der Waals surface area contributed by atoms with Gasteiger partial charge in [-0.1, -0.05) is 30.3 Å². The highest BCUT2D eigenvalue weighted by Crippen LogP contribution is 2.28. The number of hydrogen-bond acceptors (Lipinski definition) is 3. The topological polar surface area (TPSA) is 64.4 Å². The maximum atomic E-state index is 11.3. The summed E-state index contributed by atoms with van der Waals surface area (Å²) >= 11 is 0. The lowest BCUT2D eigenvalue weighted by Crippen LogP contribution is -2.40. The van der Waals surface area contributed by atoms with Gasteiger partial charge in [-0.3, -0.25) is 4.79 Å². The fourth-order valence-electron chi connectivity index (χ4n) is 1.97. The molecule has 4 heteroatoms. The van der Waals surface area contributed by atoms with Crippen molar-refractivity contribution in [2.75, 3.05) is 13.2 Å². The number of ether oxygens (including phenoxy) is 1. The lowest BCUT2D eigenvalue weighted by atomic mass is 10.0. The summed E-state index contributed by atoms with van der Waals surface area (Å²) in [4.78, 5) is 11.3. The van der Waals surface area contributed by atoms with Gasteiger partial charge in [0.25, 0.3) is 0 Å². The molecule has 4 nitrogen and oxygen atoms in total. The molecule has 2 rings (SSSR count). The molecule has 1 amide bonds. The van der Waals surface area contributed by atoms with Gasteiger partial charge in [0.1, 0.15) is 6.10 Å². The minimum absolute atomic E-state index is 0.0258. The molecular weight excluding hydrogens is 204 g/mol. The van der Waals surface area contributed by atoms with Crippen LogP contribution in [0.5, 0.6) is 0 Å². The number of amides is 1. The van der Waals surface area contributed by atoms with Crippen molar-refractivity contribution in [1.82, 2.24) is 5.32 Å². The first-order valence-electron chi connectivity index (χ1n) is 5.47. The molecule has 1 aliphatic heterocycles. The molecule has 2 atom stereocenters. The number of benzene rings is 1. The minimum atomic E-state index is -0.128. The SMILES string of the molecule is NCC(=O)NC1CCOC1c1ccccc1. The first-order valence-corrected chi connectivity index (χ1v) is 5.47. The predicted octanol–water partition coefficient (Wildman–Crippen LogP) is 0.591. The Hall–Kier alpha value is -1.39. The van der Waals surface area contributed by atoms with Crippen LogP contribution in [0.25, 0.3) is 0 Å². The molecule has 0 aliphatic carbocycles. The molecule has 16 heavy (non-hydrogen) atoms. The average Bonchev–Trinajstić information content (AvgIpc) is 2.78. The monoisotopic (exact) mass is 220 g/mol. The van der Waals surface area contributed by atoms with E-state index in [4.69, 9.17) is 10.5 Å². The number of carbonyl (C=O) groups is 1. The number of nitrogens with one attached hydrogen (secondary N) is 1. The standard InChI is InChI=1S/C12H16N2O2/c13-8-11(15)14-10-6-7-16-12(10)9-4-2-1-3-5-9/h1-5,10,12H,6-8,13H2,(H,14,15). The van der Waals surface area contributed by atoms with Crippen LogP contribution in [0.1, 0.15) is 18.1 Å². The highest BCUT2D eigenvalue weighted by atomic mass is 16.5. The number of carbonyl (C=O) groups excluding carboxylic acids is 1. The van der Waals surface area contributed by atoms with Gasteiger partial charge in [-0.2, -0.15) is 0 Å². The van der Waals surface area contributed by atoms with Crippen molar-refractivity contribution in [1.29, 1.82) is 0 Å². The molecule has 0 spiro atoms. The highest BCUT2D eigenvalue weighted by Gasteiger charge is 2.30. The van der Waals surface area contributed by atoms with Crippen molar-refractivity contribution >= 4 is 5.91 Å². The average molecular weight is 220 g/mol. The van der Waals surface area contributed by atoms with Crippen LogP contribution in [0.15, 0.2) is 30.3 Å². The summed E-state index contributed by atoms with van der Waals surface area (Å²) in [6, 6.07) is 9.97. The zero-order valence-electron chi connectivity index (χ0n) is 9.06. The second-order valence-electron chi connectivity index (χ2n) is 3.87. The third-order valence-corrected chi connectivity index (χ3v) is 2.75. The number of hydrogen-bond donors (Lipinski definition) is 2. The summed E-state index contributed by atoms with van der Waals surface area (Å²) in [5.74, 6) is -0.128. The van der Waals surface area contributed by atoms with E-state index >= 15 is 0 Å². The predicted molar refractivity (Wildman–Crippen MR) is 60.7 cm³/mol. The molecule has 0 bridgehead atoms. The van der Waals surface area contributed by atoms with Gasteiger partial charge in [0.05, 0.1) is 12.6 Å². The van der Waals surface area contributed by atoms with Crippen molar-refractivity contribution in [2.24, 2.45) is 5.73 Å². The summed E-state index contributed by atoms with van der Waals surface area (Å²) in [6.07, 6.45) is 0.794. The van der Waals surface area contributed by atoms with Gasteiger partial charge in [0.2, 0.25) is 5.91 Å². The Bertz CT molecular complexity index is 353.